The Balaban J connectivity index is 1.81. The summed E-state index contributed by atoms with van der Waals surface area (Å²) in [4.78, 5) is 15.3. The van der Waals surface area contributed by atoms with E-state index in [-0.39, 0.29) is 18.0 Å². The zero-order chi connectivity index (χ0) is 14.1. The average molecular weight is 291 g/mol. The molecule has 0 saturated heterocycles. The Kier molecular flexibility index (Phi) is 3.27. The molecule has 0 aliphatic heterocycles. The van der Waals surface area contributed by atoms with E-state index in [1.165, 1.54) is 30.4 Å². The Labute approximate surface area is 117 Å². The highest BCUT2D eigenvalue weighted by Crippen LogP contribution is 2.24. The molecule has 0 bridgehead atoms. The van der Waals surface area contributed by atoms with Gasteiger partial charge in [0.25, 0.3) is 0 Å². The van der Waals surface area contributed by atoms with Crippen LogP contribution in [-0.2, 0) is 17.6 Å². The highest BCUT2D eigenvalue weighted by Gasteiger charge is 2.12. The summed E-state index contributed by atoms with van der Waals surface area (Å²) >= 11 is 1.38. The smallest absolute Gasteiger partial charge is 0.223 e. The number of nitrogens with zero attached hydrogens (tertiary/aromatic N) is 3. The number of halogens is 1. The first kappa shape index (κ1) is 12.9. The van der Waals surface area contributed by atoms with Crippen molar-refractivity contribution in [1.82, 2.24) is 15.2 Å². The lowest BCUT2D eigenvalue weighted by Crippen LogP contribution is -1.95. The molecule has 5 nitrogen and oxygen atoms in total. The van der Waals surface area contributed by atoms with E-state index in [1.54, 1.807) is 6.07 Å². The Morgan fingerprint density at radius 1 is 1.35 bits per heavy atom. The van der Waals surface area contributed by atoms with E-state index in [4.69, 9.17) is 4.42 Å². The van der Waals surface area contributed by atoms with Crippen molar-refractivity contribution in [3.63, 3.8) is 0 Å². The zero-order valence-corrected chi connectivity index (χ0v) is 11.4. The molecule has 0 saturated carbocycles. The first-order chi connectivity index (χ1) is 9.60. The summed E-state index contributed by atoms with van der Waals surface area (Å²) in [5, 5.41) is 8.44. The lowest BCUT2D eigenvalue weighted by atomic mass is 10.3. The monoisotopic (exact) mass is 291 g/mol. The van der Waals surface area contributed by atoms with Crippen LogP contribution in [0.5, 0.6) is 0 Å². The molecule has 0 fully saturated rings. The van der Waals surface area contributed by atoms with Crippen LogP contribution in [0.4, 0.5) is 4.39 Å². The molecule has 0 amide bonds. The Hall–Kier alpha value is -2.15. The maximum absolute atomic E-state index is 13.1. The summed E-state index contributed by atoms with van der Waals surface area (Å²) in [7, 11) is 0. The van der Waals surface area contributed by atoms with Gasteiger partial charge in [-0.2, -0.15) is 0 Å². The Morgan fingerprint density at radius 2 is 2.15 bits per heavy atom. The lowest BCUT2D eigenvalue weighted by molar-refractivity contribution is -0.116. The fraction of sp³-hybridized carbons (Fsp3) is 0.231. The van der Waals surface area contributed by atoms with Gasteiger partial charge in [0.1, 0.15) is 16.6 Å². The molecule has 1 aromatic carbocycles. The number of aromatic nitrogens is 3. The summed E-state index contributed by atoms with van der Waals surface area (Å²) in [6.07, 6.45) is 0.518. The van der Waals surface area contributed by atoms with Crippen molar-refractivity contribution in [2.45, 2.75) is 19.8 Å². The molecule has 0 N–H and O–H groups in total. The van der Waals surface area contributed by atoms with E-state index < -0.39 is 0 Å². The summed E-state index contributed by atoms with van der Waals surface area (Å²) in [6, 6.07) is 4.47. The van der Waals surface area contributed by atoms with Crippen LogP contribution in [0.1, 0.15) is 23.7 Å². The molecular formula is C13H10FN3O2S. The second-order valence-electron chi connectivity index (χ2n) is 4.36. The number of benzene rings is 1. The maximum atomic E-state index is 13.1. The molecule has 0 radical (unpaired) electrons. The molecular weight excluding hydrogens is 281 g/mol. The second kappa shape index (κ2) is 5.09. The van der Waals surface area contributed by atoms with Crippen LogP contribution in [-0.4, -0.2) is 21.0 Å². The van der Waals surface area contributed by atoms with Crippen molar-refractivity contribution < 1.29 is 13.6 Å². The number of rotatable bonds is 4. The molecule has 2 aromatic heterocycles. The fourth-order valence-corrected chi connectivity index (χ4v) is 2.78. The van der Waals surface area contributed by atoms with Gasteiger partial charge < -0.3 is 4.42 Å². The van der Waals surface area contributed by atoms with Gasteiger partial charge in [-0.1, -0.05) is 0 Å². The minimum atomic E-state index is -0.283. The van der Waals surface area contributed by atoms with E-state index in [0.717, 1.165) is 15.2 Å². The molecule has 3 aromatic rings. The number of carbonyl (C=O) groups excluding carboxylic acids is 1. The third-order valence-corrected chi connectivity index (χ3v) is 3.62. The van der Waals surface area contributed by atoms with Crippen LogP contribution in [0.3, 0.4) is 0 Å². The number of hydrogen-bond donors (Lipinski definition) is 0. The largest absolute Gasteiger partial charge is 0.424 e. The molecule has 102 valence electrons. The van der Waals surface area contributed by atoms with Crippen LogP contribution in [0.2, 0.25) is 0 Å². The van der Waals surface area contributed by atoms with Crippen molar-refractivity contribution in [1.29, 1.82) is 0 Å². The van der Waals surface area contributed by atoms with E-state index >= 15 is 0 Å². The highest BCUT2D eigenvalue weighted by molar-refractivity contribution is 7.18. The number of thiazole rings is 1. The van der Waals surface area contributed by atoms with Crippen molar-refractivity contribution >= 4 is 27.3 Å². The first-order valence-corrected chi connectivity index (χ1v) is 6.77. The quantitative estimate of drug-likeness (QED) is 0.739. The molecule has 0 aliphatic rings. The molecule has 0 unspecified atom stereocenters. The van der Waals surface area contributed by atoms with Gasteiger partial charge in [-0.3, -0.25) is 4.79 Å². The molecule has 0 atom stereocenters. The number of fused-ring (bicyclic) bond motifs is 1. The van der Waals surface area contributed by atoms with E-state index in [1.807, 2.05) is 0 Å². The Morgan fingerprint density at radius 3 is 2.95 bits per heavy atom. The summed E-state index contributed by atoms with van der Waals surface area (Å²) in [5.74, 6) is 0.394. The number of hydrogen-bond acceptors (Lipinski definition) is 6. The van der Waals surface area contributed by atoms with Crippen molar-refractivity contribution in [2.24, 2.45) is 0 Å². The second-order valence-corrected chi connectivity index (χ2v) is 5.48. The van der Waals surface area contributed by atoms with Gasteiger partial charge in [-0.15, -0.1) is 21.5 Å². The predicted octanol–water partition coefficient (Wildman–Crippen LogP) is 2.54. The minimum absolute atomic E-state index is 0.0318. The normalized spacial score (nSPS) is 11.1. The third kappa shape index (κ3) is 2.72. The Bertz CT molecular complexity index is 781. The van der Waals surface area contributed by atoms with Crippen LogP contribution in [0.15, 0.2) is 22.6 Å². The first-order valence-electron chi connectivity index (χ1n) is 5.96. The standard InChI is InChI=1S/C13H10FN3O2S/c1-7(18)4-11-16-17-12(19-11)6-13-15-9-3-2-8(14)5-10(9)20-13/h2-3,5H,4,6H2,1H3. The maximum Gasteiger partial charge on any atom is 0.223 e. The van der Waals surface area contributed by atoms with E-state index in [2.05, 4.69) is 15.2 Å². The number of carbonyl (C=O) groups is 1. The van der Waals surface area contributed by atoms with Gasteiger partial charge >= 0.3 is 0 Å². The van der Waals surface area contributed by atoms with Gasteiger partial charge in [0.05, 0.1) is 23.1 Å². The lowest BCUT2D eigenvalue weighted by Gasteiger charge is -1.89. The van der Waals surface area contributed by atoms with Crippen LogP contribution in [0.25, 0.3) is 10.2 Å². The summed E-state index contributed by atoms with van der Waals surface area (Å²) < 4.78 is 19.3. The van der Waals surface area contributed by atoms with Crippen LogP contribution < -0.4 is 0 Å². The van der Waals surface area contributed by atoms with E-state index in [0.29, 0.717) is 18.2 Å². The molecule has 0 spiro atoms. The summed E-state index contributed by atoms with van der Waals surface area (Å²) in [5.41, 5.74) is 0.745. The van der Waals surface area contributed by atoms with Gasteiger partial charge in [-0.25, -0.2) is 9.37 Å². The van der Waals surface area contributed by atoms with E-state index in [9.17, 15) is 9.18 Å². The van der Waals surface area contributed by atoms with Crippen LogP contribution in [0, 0.1) is 5.82 Å². The number of ketones is 1. The topological polar surface area (TPSA) is 68.9 Å². The molecule has 20 heavy (non-hydrogen) atoms. The molecule has 7 heteroatoms. The van der Waals surface area contributed by atoms with Gasteiger partial charge in [0, 0.05) is 0 Å². The van der Waals surface area contributed by atoms with Crippen LogP contribution >= 0.6 is 11.3 Å². The predicted molar refractivity (Wildman–Crippen MR) is 71.1 cm³/mol. The number of Topliss-reactive ketones (excluding diaryl/α,β-unsaturated/α-hetero) is 1. The fourth-order valence-electron chi connectivity index (χ4n) is 1.80. The third-order valence-electron chi connectivity index (χ3n) is 2.61. The minimum Gasteiger partial charge on any atom is -0.424 e. The van der Waals surface area contributed by atoms with Crippen molar-refractivity contribution in [3.05, 3.63) is 40.8 Å². The average Bonchev–Trinajstić information content (AvgIpc) is 2.95. The molecule has 0 aliphatic carbocycles. The van der Waals surface area contributed by atoms with Gasteiger partial charge in [0.15, 0.2) is 0 Å². The SMILES string of the molecule is CC(=O)Cc1nnc(Cc2nc3ccc(F)cc3s2)o1. The summed E-state index contributed by atoms with van der Waals surface area (Å²) in [6.45, 7) is 1.46. The van der Waals surface area contributed by atoms with Gasteiger partial charge in [0.2, 0.25) is 11.8 Å². The van der Waals surface area contributed by atoms with Crippen molar-refractivity contribution in [3.8, 4) is 0 Å². The van der Waals surface area contributed by atoms with Gasteiger partial charge in [-0.05, 0) is 25.1 Å². The van der Waals surface area contributed by atoms with Crippen molar-refractivity contribution in [2.75, 3.05) is 0 Å². The molecule has 3 rings (SSSR count). The molecule has 2 heterocycles. The highest BCUT2D eigenvalue weighted by atomic mass is 32.1. The zero-order valence-electron chi connectivity index (χ0n) is 10.6.